The van der Waals surface area contributed by atoms with Gasteiger partial charge in [-0.15, -0.1) is 0 Å². The largest absolute Gasteiger partial charge is 0.464 e. The normalized spacial score (nSPS) is 12.2. The number of benzene rings is 2. The van der Waals surface area contributed by atoms with Crippen molar-refractivity contribution in [3.63, 3.8) is 0 Å². The van der Waals surface area contributed by atoms with Crippen LogP contribution in [0.2, 0.25) is 5.02 Å². The molecule has 1 aliphatic rings. The van der Waals surface area contributed by atoms with Crippen molar-refractivity contribution in [3.05, 3.63) is 69.0 Å². The highest BCUT2D eigenvalue weighted by molar-refractivity contribution is 6.31. The van der Waals surface area contributed by atoms with Crippen LogP contribution < -0.4 is 14.9 Å². The number of ether oxygens (including phenoxy) is 2. The smallest absolute Gasteiger partial charge is 0.242 e. The fraction of sp³-hybridized carbons (Fsp3) is 0.393. The number of carbonyl (C=O) groups is 2. The number of hydrogen-bond donors (Lipinski definition) is 0. The Morgan fingerprint density at radius 1 is 1.03 bits per heavy atom. The van der Waals surface area contributed by atoms with Crippen LogP contribution in [-0.2, 0) is 22.7 Å². The second-order valence-electron chi connectivity index (χ2n) is 9.44. The second-order valence-corrected chi connectivity index (χ2v) is 9.87. The Morgan fingerprint density at radius 3 is 2.57 bits per heavy atom. The summed E-state index contributed by atoms with van der Waals surface area (Å²) in [5.41, 5.74) is 1.29. The first kappa shape index (κ1) is 26.5. The summed E-state index contributed by atoms with van der Waals surface area (Å²) in [6, 6.07) is 10.3. The van der Waals surface area contributed by atoms with E-state index in [1.807, 2.05) is 32.9 Å². The first-order valence-corrected chi connectivity index (χ1v) is 12.8. The molecule has 2 heterocycles. The van der Waals surface area contributed by atoms with Crippen LogP contribution in [0.5, 0.6) is 11.5 Å². The van der Waals surface area contributed by atoms with Crippen LogP contribution in [0.15, 0.2) is 51.9 Å². The number of hydrogen-bond acceptors (Lipinski definition) is 6. The fourth-order valence-corrected chi connectivity index (χ4v) is 4.37. The quantitative estimate of drug-likeness (QED) is 0.370. The molecular weight excluding hydrogens is 496 g/mol. The van der Waals surface area contributed by atoms with Crippen molar-refractivity contribution in [2.45, 2.75) is 46.7 Å². The van der Waals surface area contributed by atoms with E-state index in [0.717, 1.165) is 18.4 Å². The van der Waals surface area contributed by atoms with Gasteiger partial charge in [-0.3, -0.25) is 14.4 Å². The van der Waals surface area contributed by atoms with Crippen molar-refractivity contribution in [2.75, 3.05) is 19.9 Å². The average molecular weight is 527 g/mol. The fourth-order valence-electron chi connectivity index (χ4n) is 4.19. The summed E-state index contributed by atoms with van der Waals surface area (Å²) in [7, 11) is 0. The third-order valence-electron chi connectivity index (χ3n) is 6.24. The summed E-state index contributed by atoms with van der Waals surface area (Å²) >= 11 is 6.10. The van der Waals surface area contributed by atoms with E-state index in [4.69, 9.17) is 25.5 Å². The van der Waals surface area contributed by atoms with E-state index in [9.17, 15) is 14.4 Å². The van der Waals surface area contributed by atoms with E-state index in [2.05, 4.69) is 0 Å². The Kier molecular flexibility index (Phi) is 8.38. The first-order valence-electron chi connectivity index (χ1n) is 12.4. The molecule has 2 aromatic carbocycles. The minimum atomic E-state index is -0.270. The predicted molar refractivity (Wildman–Crippen MR) is 141 cm³/mol. The maximum atomic E-state index is 13.6. The summed E-state index contributed by atoms with van der Waals surface area (Å²) in [5.74, 6) is 0.661. The van der Waals surface area contributed by atoms with Crippen molar-refractivity contribution in [3.8, 4) is 11.5 Å². The van der Waals surface area contributed by atoms with Crippen molar-refractivity contribution < 1.29 is 23.5 Å². The molecule has 3 aromatic rings. The third-order valence-corrected chi connectivity index (χ3v) is 6.48. The van der Waals surface area contributed by atoms with Gasteiger partial charge in [0.15, 0.2) is 16.9 Å². The van der Waals surface area contributed by atoms with Crippen LogP contribution in [0.4, 0.5) is 0 Å². The van der Waals surface area contributed by atoms with Crippen LogP contribution in [0.25, 0.3) is 11.0 Å². The topological polar surface area (TPSA) is 89.3 Å². The number of rotatable bonds is 10. The first-order chi connectivity index (χ1) is 17.8. The maximum absolute atomic E-state index is 13.6. The second kappa shape index (κ2) is 11.7. The molecule has 196 valence electrons. The molecular formula is C28H31ClN2O6. The standard InChI is InChI=1S/C28H31ClN2O6/c1-4-5-10-30(28(34)18(2)3)15-26(32)31(13-19-6-8-24-25(11-19)37-17-36-24)14-20-16-35-23-9-7-21(29)12-22(23)27(20)33/h6-9,11-12,16,18H,4-5,10,13-15,17H2,1-3H3. The van der Waals surface area contributed by atoms with Crippen molar-refractivity contribution in [2.24, 2.45) is 5.92 Å². The number of unbranched alkanes of at least 4 members (excludes halogenated alkanes) is 1. The van der Waals surface area contributed by atoms with Gasteiger partial charge in [-0.1, -0.05) is 44.9 Å². The maximum Gasteiger partial charge on any atom is 0.242 e. The van der Waals surface area contributed by atoms with Crippen molar-refractivity contribution in [1.82, 2.24) is 9.80 Å². The highest BCUT2D eigenvalue weighted by Crippen LogP contribution is 2.33. The van der Waals surface area contributed by atoms with Gasteiger partial charge in [0.1, 0.15) is 5.58 Å². The zero-order valence-electron chi connectivity index (χ0n) is 21.3. The van der Waals surface area contributed by atoms with Crippen LogP contribution in [0, 0.1) is 5.92 Å². The van der Waals surface area contributed by atoms with E-state index in [0.29, 0.717) is 39.6 Å². The minimum Gasteiger partial charge on any atom is -0.464 e. The zero-order valence-corrected chi connectivity index (χ0v) is 22.0. The Morgan fingerprint density at radius 2 is 1.81 bits per heavy atom. The molecule has 0 N–H and O–H groups in total. The molecule has 8 nitrogen and oxygen atoms in total. The number of amides is 2. The monoisotopic (exact) mass is 526 g/mol. The van der Waals surface area contributed by atoms with Crippen LogP contribution in [0.3, 0.4) is 0 Å². The summed E-state index contributed by atoms with van der Waals surface area (Å²) in [4.78, 5) is 42.9. The van der Waals surface area contributed by atoms with Gasteiger partial charge in [0.25, 0.3) is 0 Å². The molecule has 0 unspecified atom stereocenters. The molecule has 4 rings (SSSR count). The Balaban J connectivity index is 1.64. The number of carbonyl (C=O) groups excluding carboxylic acids is 2. The van der Waals surface area contributed by atoms with Crippen LogP contribution in [-0.4, -0.2) is 41.5 Å². The molecule has 0 fully saturated rings. The van der Waals surface area contributed by atoms with Gasteiger partial charge in [0.2, 0.25) is 18.6 Å². The summed E-state index contributed by atoms with van der Waals surface area (Å²) in [6.07, 6.45) is 3.08. The van der Waals surface area contributed by atoms with Gasteiger partial charge in [0, 0.05) is 24.0 Å². The van der Waals surface area contributed by atoms with E-state index in [1.165, 1.54) is 6.26 Å². The number of halogens is 1. The average Bonchev–Trinajstić information content (AvgIpc) is 3.35. The molecule has 0 spiro atoms. The van der Waals surface area contributed by atoms with Gasteiger partial charge < -0.3 is 23.7 Å². The Labute approximate surface area is 220 Å². The molecule has 0 saturated heterocycles. The van der Waals surface area contributed by atoms with E-state index in [1.54, 1.807) is 34.1 Å². The van der Waals surface area contributed by atoms with Crippen LogP contribution in [0.1, 0.15) is 44.7 Å². The van der Waals surface area contributed by atoms with Crippen molar-refractivity contribution >= 4 is 34.4 Å². The molecule has 2 amide bonds. The predicted octanol–water partition coefficient (Wildman–Crippen LogP) is 4.99. The molecule has 37 heavy (non-hydrogen) atoms. The van der Waals surface area contributed by atoms with E-state index >= 15 is 0 Å². The van der Waals surface area contributed by atoms with Gasteiger partial charge in [-0.25, -0.2) is 0 Å². The van der Waals surface area contributed by atoms with Crippen LogP contribution >= 0.6 is 11.6 Å². The highest BCUT2D eigenvalue weighted by Gasteiger charge is 2.25. The lowest BCUT2D eigenvalue weighted by Gasteiger charge is -2.29. The molecule has 0 radical (unpaired) electrons. The lowest BCUT2D eigenvalue weighted by Crippen LogP contribution is -2.44. The lowest BCUT2D eigenvalue weighted by molar-refractivity contribution is -0.143. The molecule has 1 aliphatic heterocycles. The summed E-state index contributed by atoms with van der Waals surface area (Å²) in [6.45, 7) is 6.46. The SMILES string of the molecule is CCCCN(CC(=O)N(Cc1ccc2c(c1)OCO2)Cc1coc2ccc(Cl)cc2c1=O)C(=O)C(C)C. The Hall–Kier alpha value is -3.52. The van der Waals surface area contributed by atoms with Crippen molar-refractivity contribution in [1.29, 1.82) is 0 Å². The summed E-state index contributed by atoms with van der Waals surface area (Å²) in [5, 5.41) is 0.768. The van der Waals surface area contributed by atoms with Gasteiger partial charge >= 0.3 is 0 Å². The molecule has 0 aliphatic carbocycles. The van der Waals surface area contributed by atoms with Gasteiger partial charge in [-0.2, -0.15) is 0 Å². The molecule has 0 atom stereocenters. The molecule has 0 saturated carbocycles. The molecule has 0 bridgehead atoms. The number of nitrogens with zero attached hydrogens (tertiary/aromatic N) is 2. The van der Waals surface area contributed by atoms with Gasteiger partial charge in [-0.05, 0) is 42.3 Å². The Bertz CT molecular complexity index is 1350. The summed E-state index contributed by atoms with van der Waals surface area (Å²) < 4.78 is 16.6. The minimum absolute atomic E-state index is 0.00947. The number of fused-ring (bicyclic) bond motifs is 2. The lowest BCUT2D eigenvalue weighted by atomic mass is 10.1. The van der Waals surface area contributed by atoms with E-state index < -0.39 is 0 Å². The third kappa shape index (κ3) is 6.25. The molecule has 9 heteroatoms. The zero-order chi connectivity index (χ0) is 26.5. The molecule has 1 aromatic heterocycles. The van der Waals surface area contributed by atoms with E-state index in [-0.39, 0.29) is 49.6 Å². The highest BCUT2D eigenvalue weighted by atomic mass is 35.5. The van der Waals surface area contributed by atoms with Gasteiger partial charge in [0.05, 0.1) is 30.3 Å².